The zero-order chi connectivity index (χ0) is 16.9. The summed E-state index contributed by atoms with van der Waals surface area (Å²) in [4.78, 5) is 3.47. The minimum Gasteiger partial charge on any atom is -0.391 e. The van der Waals surface area contributed by atoms with Crippen molar-refractivity contribution >= 4 is 0 Å². The monoisotopic (exact) mass is 330 g/mol. The molecule has 0 aromatic heterocycles. The molecule has 5 rings (SSSR count). The van der Waals surface area contributed by atoms with E-state index >= 15 is 0 Å². The summed E-state index contributed by atoms with van der Waals surface area (Å²) in [5, 5.41) is 11.4. The molecule has 4 fully saturated rings. The van der Waals surface area contributed by atoms with Gasteiger partial charge < -0.3 is 5.11 Å². The van der Waals surface area contributed by atoms with E-state index in [2.05, 4.69) is 45.0 Å². The van der Waals surface area contributed by atoms with E-state index in [1.165, 1.54) is 36.8 Å². The fourth-order valence-electron chi connectivity index (χ4n) is 6.74. The Morgan fingerprint density at radius 1 is 1.00 bits per heavy atom. The number of piperidine rings is 2. The van der Waals surface area contributed by atoms with E-state index in [-0.39, 0.29) is 16.9 Å². The molecule has 0 amide bonds. The van der Waals surface area contributed by atoms with Gasteiger partial charge in [0.25, 0.3) is 0 Å². The lowest BCUT2D eigenvalue weighted by Gasteiger charge is -2.64. The van der Waals surface area contributed by atoms with E-state index < -0.39 is 0 Å². The SMILES string of the molecule is CCCC12C[NH+]3CC(CCC)(C[NH+](C1)C3c1cccc(C)c1)C2O. The van der Waals surface area contributed by atoms with Gasteiger partial charge in [0.1, 0.15) is 0 Å². The maximum atomic E-state index is 11.4. The van der Waals surface area contributed by atoms with Gasteiger partial charge in [-0.15, -0.1) is 0 Å². The Kier molecular flexibility index (Phi) is 4.02. The van der Waals surface area contributed by atoms with Crippen molar-refractivity contribution in [1.29, 1.82) is 0 Å². The average molecular weight is 331 g/mol. The van der Waals surface area contributed by atoms with Crippen molar-refractivity contribution in [1.82, 2.24) is 0 Å². The zero-order valence-electron chi connectivity index (χ0n) is 15.6. The zero-order valence-corrected chi connectivity index (χ0v) is 15.6. The van der Waals surface area contributed by atoms with Crippen LogP contribution in [-0.2, 0) is 0 Å². The molecule has 1 aromatic carbocycles. The van der Waals surface area contributed by atoms with Crippen LogP contribution in [0.3, 0.4) is 0 Å². The first kappa shape index (κ1) is 16.6. The van der Waals surface area contributed by atoms with Crippen molar-refractivity contribution < 1.29 is 14.9 Å². The van der Waals surface area contributed by atoms with Crippen molar-refractivity contribution in [3.8, 4) is 0 Å². The Morgan fingerprint density at radius 2 is 1.54 bits per heavy atom. The molecule has 0 saturated carbocycles. The van der Waals surface area contributed by atoms with Gasteiger partial charge >= 0.3 is 0 Å². The number of rotatable bonds is 5. The molecule has 4 aliphatic heterocycles. The molecule has 0 unspecified atom stereocenters. The summed E-state index contributed by atoms with van der Waals surface area (Å²) in [5.74, 6) is 0. The third-order valence-corrected chi connectivity index (χ3v) is 7.16. The van der Waals surface area contributed by atoms with Crippen molar-refractivity contribution in [2.24, 2.45) is 10.8 Å². The van der Waals surface area contributed by atoms with Gasteiger partial charge in [0.2, 0.25) is 6.17 Å². The highest BCUT2D eigenvalue weighted by Gasteiger charge is 2.70. The Balaban J connectivity index is 1.72. The predicted molar refractivity (Wildman–Crippen MR) is 96.0 cm³/mol. The Hall–Kier alpha value is -0.900. The summed E-state index contributed by atoms with van der Waals surface area (Å²) in [6, 6.07) is 9.14. The van der Waals surface area contributed by atoms with Crippen LogP contribution in [0.25, 0.3) is 0 Å². The van der Waals surface area contributed by atoms with Crippen LogP contribution in [0, 0.1) is 17.8 Å². The van der Waals surface area contributed by atoms with Crippen LogP contribution in [0.1, 0.15) is 56.8 Å². The number of aliphatic hydroxyl groups excluding tert-OH is 1. The van der Waals surface area contributed by atoms with Crippen LogP contribution in [0.15, 0.2) is 24.3 Å². The van der Waals surface area contributed by atoms with Gasteiger partial charge in [-0.2, -0.15) is 0 Å². The molecular weight excluding hydrogens is 296 g/mol. The van der Waals surface area contributed by atoms with Gasteiger partial charge in [0.15, 0.2) is 0 Å². The van der Waals surface area contributed by atoms with E-state index in [9.17, 15) is 5.11 Å². The molecule has 4 heterocycles. The molecule has 3 heteroatoms. The molecule has 3 N–H and O–H groups in total. The fourth-order valence-corrected chi connectivity index (χ4v) is 6.74. The number of aryl methyl sites for hydroxylation is 1. The molecule has 0 atom stereocenters. The number of hydrogen-bond acceptors (Lipinski definition) is 1. The molecule has 4 saturated heterocycles. The lowest BCUT2D eigenvalue weighted by Crippen LogP contribution is -3.41. The maximum Gasteiger partial charge on any atom is 0.240 e. The summed E-state index contributed by atoms with van der Waals surface area (Å²) in [7, 11) is 0. The van der Waals surface area contributed by atoms with Gasteiger partial charge in [-0.1, -0.05) is 44.4 Å². The molecule has 0 aliphatic carbocycles. The minimum atomic E-state index is -0.0872. The van der Waals surface area contributed by atoms with Crippen molar-refractivity contribution in [3.05, 3.63) is 35.4 Å². The van der Waals surface area contributed by atoms with Crippen LogP contribution >= 0.6 is 0 Å². The quantitative estimate of drug-likeness (QED) is 0.730. The minimum absolute atomic E-state index is 0.0872. The van der Waals surface area contributed by atoms with Gasteiger partial charge in [-0.3, -0.25) is 9.80 Å². The van der Waals surface area contributed by atoms with Gasteiger partial charge in [0, 0.05) is 0 Å². The molecule has 24 heavy (non-hydrogen) atoms. The van der Waals surface area contributed by atoms with E-state index in [4.69, 9.17) is 0 Å². The molecule has 4 aliphatic rings. The molecular formula is C21H34N2O+2. The summed E-state index contributed by atoms with van der Waals surface area (Å²) in [5.41, 5.74) is 3.19. The number of quaternary nitrogens is 2. The molecule has 4 bridgehead atoms. The first-order valence-electron chi connectivity index (χ1n) is 9.97. The van der Waals surface area contributed by atoms with Gasteiger partial charge in [-0.05, 0) is 31.9 Å². The summed E-state index contributed by atoms with van der Waals surface area (Å²) >= 11 is 0. The fraction of sp³-hybridized carbons (Fsp3) is 0.714. The number of benzene rings is 1. The summed E-state index contributed by atoms with van der Waals surface area (Å²) in [6.07, 6.45) is 5.24. The van der Waals surface area contributed by atoms with Crippen LogP contribution in [0.2, 0.25) is 0 Å². The summed E-state index contributed by atoms with van der Waals surface area (Å²) < 4.78 is 0. The third kappa shape index (κ3) is 2.28. The second-order valence-electron chi connectivity index (χ2n) is 9.00. The highest BCUT2D eigenvalue weighted by atomic mass is 16.3. The van der Waals surface area contributed by atoms with Crippen molar-refractivity contribution in [3.63, 3.8) is 0 Å². The molecule has 0 spiro atoms. The average Bonchev–Trinajstić information content (AvgIpc) is 2.52. The van der Waals surface area contributed by atoms with E-state index in [0.29, 0.717) is 6.17 Å². The van der Waals surface area contributed by atoms with E-state index in [1.807, 2.05) is 0 Å². The number of hydrogen-bond donors (Lipinski definition) is 3. The molecule has 3 nitrogen and oxygen atoms in total. The Labute approximate surface area is 146 Å². The van der Waals surface area contributed by atoms with Crippen LogP contribution in [0.4, 0.5) is 0 Å². The highest BCUT2D eigenvalue weighted by Crippen LogP contribution is 2.45. The first-order valence-corrected chi connectivity index (χ1v) is 9.97. The third-order valence-electron chi connectivity index (χ3n) is 7.16. The smallest absolute Gasteiger partial charge is 0.240 e. The molecule has 0 radical (unpaired) electrons. The largest absolute Gasteiger partial charge is 0.391 e. The maximum absolute atomic E-state index is 11.4. The normalized spacial score (nSPS) is 43.3. The van der Waals surface area contributed by atoms with Crippen LogP contribution < -0.4 is 9.80 Å². The standard InChI is InChI=1S/C21H32N2O/c1-4-9-20-12-22-14-21(10-5-2,19(20)24)15-23(13-20)18(22)17-8-6-7-16(3)11-17/h6-8,11,18-19,24H,4-5,9-10,12-15H2,1-3H3/p+2. The highest BCUT2D eigenvalue weighted by molar-refractivity contribution is 5.23. The van der Waals surface area contributed by atoms with E-state index in [1.54, 1.807) is 9.80 Å². The topological polar surface area (TPSA) is 29.1 Å². The summed E-state index contributed by atoms with van der Waals surface area (Å²) in [6.45, 7) is 11.4. The second-order valence-corrected chi connectivity index (χ2v) is 9.00. The Morgan fingerprint density at radius 3 is 2.00 bits per heavy atom. The Bertz CT molecular complexity index is 572. The lowest BCUT2D eigenvalue weighted by atomic mass is 9.56. The number of aliphatic hydroxyl groups is 1. The van der Waals surface area contributed by atoms with Crippen molar-refractivity contribution in [2.75, 3.05) is 26.2 Å². The van der Waals surface area contributed by atoms with Gasteiger partial charge in [0.05, 0.1) is 48.7 Å². The van der Waals surface area contributed by atoms with Crippen LogP contribution in [-0.4, -0.2) is 37.4 Å². The van der Waals surface area contributed by atoms with Crippen molar-refractivity contribution in [2.45, 2.75) is 58.7 Å². The number of nitrogens with one attached hydrogen (secondary N) is 2. The first-order chi connectivity index (χ1) is 11.5. The molecule has 1 aromatic rings. The lowest BCUT2D eigenvalue weighted by molar-refractivity contribution is -1.19. The second kappa shape index (κ2) is 5.82. The predicted octanol–water partition coefficient (Wildman–Crippen LogP) is 0.738. The molecule has 132 valence electrons. The van der Waals surface area contributed by atoms with Crippen LogP contribution in [0.5, 0.6) is 0 Å². The van der Waals surface area contributed by atoms with E-state index in [0.717, 1.165) is 26.2 Å². The van der Waals surface area contributed by atoms with Gasteiger partial charge in [-0.25, -0.2) is 0 Å².